The molecule has 3 aromatic carbocycles. The number of nitrogens with one attached hydrogen (secondary N) is 1. The quantitative estimate of drug-likeness (QED) is 0.455. The van der Waals surface area contributed by atoms with Crippen LogP contribution in [-0.4, -0.2) is 27.5 Å². The van der Waals surface area contributed by atoms with E-state index >= 15 is 0 Å². The van der Waals surface area contributed by atoms with Gasteiger partial charge in [-0.1, -0.05) is 41.4 Å². The predicted octanol–water partition coefficient (Wildman–Crippen LogP) is 5.12. The van der Waals surface area contributed by atoms with Crippen molar-refractivity contribution in [3.63, 3.8) is 0 Å². The molecule has 0 spiro atoms. The second-order valence-electron chi connectivity index (χ2n) is 7.59. The molecule has 6 nitrogen and oxygen atoms in total. The molecule has 1 N–H and O–H groups in total. The third-order valence-corrected chi connectivity index (χ3v) is 7.12. The molecule has 0 heterocycles. The smallest absolute Gasteiger partial charge is 0.264 e. The minimum absolute atomic E-state index is 0.107. The van der Waals surface area contributed by atoms with Gasteiger partial charge in [-0.3, -0.25) is 9.10 Å². The van der Waals surface area contributed by atoms with E-state index in [2.05, 4.69) is 5.32 Å². The molecule has 1 amide bonds. The van der Waals surface area contributed by atoms with Gasteiger partial charge in [0.2, 0.25) is 5.91 Å². The summed E-state index contributed by atoms with van der Waals surface area (Å²) in [5.41, 5.74) is 2.17. The standard InChI is InChI=1S/C25H27ClN2O4S/c1-4-32-23-13-7-20(8-14-23)19(3)27-25(29)17-28(22-11-9-21(26)10-12-22)33(30,31)24-15-5-18(2)6-16-24/h5-16,19H,4,17H2,1-3H3,(H,27,29). The normalized spacial score (nSPS) is 12.1. The number of halogens is 1. The molecule has 33 heavy (non-hydrogen) atoms. The number of rotatable bonds is 9. The first-order valence-electron chi connectivity index (χ1n) is 10.6. The summed E-state index contributed by atoms with van der Waals surface area (Å²) in [6.45, 7) is 5.83. The van der Waals surface area contributed by atoms with Gasteiger partial charge >= 0.3 is 0 Å². The van der Waals surface area contributed by atoms with Crippen LogP contribution >= 0.6 is 11.6 Å². The predicted molar refractivity (Wildman–Crippen MR) is 131 cm³/mol. The van der Waals surface area contributed by atoms with E-state index in [1.807, 2.05) is 45.0 Å². The monoisotopic (exact) mass is 486 g/mol. The number of nitrogens with zero attached hydrogens (tertiary/aromatic N) is 1. The molecule has 0 fully saturated rings. The number of hydrogen-bond donors (Lipinski definition) is 1. The first-order chi connectivity index (χ1) is 15.7. The molecule has 0 aliphatic carbocycles. The van der Waals surface area contributed by atoms with Crippen LogP contribution in [0.5, 0.6) is 5.75 Å². The third-order valence-electron chi connectivity index (χ3n) is 5.08. The van der Waals surface area contributed by atoms with Gasteiger partial charge in [0, 0.05) is 5.02 Å². The van der Waals surface area contributed by atoms with Crippen LogP contribution in [0.3, 0.4) is 0 Å². The van der Waals surface area contributed by atoms with E-state index in [4.69, 9.17) is 16.3 Å². The maximum absolute atomic E-state index is 13.4. The van der Waals surface area contributed by atoms with Crippen molar-refractivity contribution < 1.29 is 17.9 Å². The number of carbonyl (C=O) groups excluding carboxylic acids is 1. The molecule has 1 atom stereocenters. The molecule has 0 aliphatic heterocycles. The van der Waals surface area contributed by atoms with Crippen molar-refractivity contribution in [2.24, 2.45) is 0 Å². The molecule has 174 valence electrons. The molecule has 0 radical (unpaired) electrons. The van der Waals surface area contributed by atoms with Crippen LogP contribution in [0.1, 0.15) is 31.0 Å². The maximum atomic E-state index is 13.4. The Hall–Kier alpha value is -3.03. The largest absolute Gasteiger partial charge is 0.494 e. The fourth-order valence-electron chi connectivity index (χ4n) is 3.28. The summed E-state index contributed by atoms with van der Waals surface area (Å²) in [7, 11) is -3.98. The Kier molecular flexibility index (Phi) is 8.00. The van der Waals surface area contributed by atoms with Crippen molar-refractivity contribution in [3.05, 3.63) is 88.9 Å². The molecule has 0 aliphatic rings. The van der Waals surface area contributed by atoms with Crippen molar-refractivity contribution in [1.82, 2.24) is 5.32 Å². The SMILES string of the molecule is CCOc1ccc(C(C)NC(=O)CN(c2ccc(Cl)cc2)S(=O)(=O)c2ccc(C)cc2)cc1. The lowest BCUT2D eigenvalue weighted by atomic mass is 10.1. The van der Waals surface area contributed by atoms with Crippen LogP contribution in [0.25, 0.3) is 0 Å². The fraction of sp³-hybridized carbons (Fsp3) is 0.240. The van der Waals surface area contributed by atoms with Crippen LogP contribution in [0.2, 0.25) is 5.02 Å². The first kappa shape index (κ1) is 24.6. The van der Waals surface area contributed by atoms with Crippen molar-refractivity contribution in [3.8, 4) is 5.75 Å². The van der Waals surface area contributed by atoms with E-state index < -0.39 is 15.9 Å². The lowest BCUT2D eigenvalue weighted by molar-refractivity contribution is -0.120. The van der Waals surface area contributed by atoms with Crippen molar-refractivity contribution in [2.45, 2.75) is 31.7 Å². The number of ether oxygens (including phenoxy) is 1. The maximum Gasteiger partial charge on any atom is 0.264 e. The van der Waals surface area contributed by atoms with Crippen LogP contribution in [-0.2, 0) is 14.8 Å². The summed E-state index contributed by atoms with van der Waals surface area (Å²) in [6, 6.07) is 20.0. The van der Waals surface area contributed by atoms with Gasteiger partial charge in [-0.05, 0) is 74.9 Å². The number of sulfonamides is 1. The minimum atomic E-state index is -3.98. The molecule has 3 aromatic rings. The summed E-state index contributed by atoms with van der Waals surface area (Å²) in [6.07, 6.45) is 0. The molecular weight excluding hydrogens is 460 g/mol. The number of amides is 1. The number of carbonyl (C=O) groups is 1. The van der Waals surface area contributed by atoms with Crippen molar-refractivity contribution in [1.29, 1.82) is 0 Å². The Morgan fingerprint density at radius 3 is 2.18 bits per heavy atom. The van der Waals surface area contributed by atoms with Crippen LogP contribution in [0.15, 0.2) is 77.7 Å². The highest BCUT2D eigenvalue weighted by atomic mass is 35.5. The molecule has 3 rings (SSSR count). The van der Waals surface area contributed by atoms with Crippen molar-refractivity contribution in [2.75, 3.05) is 17.5 Å². The fourth-order valence-corrected chi connectivity index (χ4v) is 4.83. The Morgan fingerprint density at radius 1 is 1.00 bits per heavy atom. The molecule has 0 saturated heterocycles. The highest BCUT2D eigenvalue weighted by Crippen LogP contribution is 2.26. The van der Waals surface area contributed by atoms with E-state index in [9.17, 15) is 13.2 Å². The summed E-state index contributed by atoms with van der Waals surface area (Å²) in [5, 5.41) is 3.35. The molecule has 8 heteroatoms. The van der Waals surface area contributed by atoms with E-state index in [1.54, 1.807) is 36.4 Å². The average molecular weight is 487 g/mol. The van der Waals surface area contributed by atoms with Gasteiger partial charge in [-0.15, -0.1) is 0 Å². The number of benzene rings is 3. The summed E-state index contributed by atoms with van der Waals surface area (Å²) in [4.78, 5) is 13.0. The van der Waals surface area contributed by atoms with Gasteiger partial charge in [0.1, 0.15) is 12.3 Å². The first-order valence-corrected chi connectivity index (χ1v) is 12.4. The lowest BCUT2D eigenvalue weighted by Gasteiger charge is -2.25. The topological polar surface area (TPSA) is 75.7 Å². The van der Waals surface area contributed by atoms with Gasteiger partial charge in [0.05, 0.1) is 23.2 Å². The minimum Gasteiger partial charge on any atom is -0.494 e. The number of aryl methyl sites for hydroxylation is 1. The van der Waals surface area contributed by atoms with Gasteiger partial charge in [0.15, 0.2) is 0 Å². The van der Waals surface area contributed by atoms with E-state index in [0.717, 1.165) is 21.2 Å². The average Bonchev–Trinajstić information content (AvgIpc) is 2.79. The highest BCUT2D eigenvalue weighted by molar-refractivity contribution is 7.92. The third kappa shape index (κ3) is 6.27. The second kappa shape index (κ2) is 10.7. The molecule has 0 saturated carbocycles. The summed E-state index contributed by atoms with van der Waals surface area (Å²) < 4.78 is 33.4. The summed E-state index contributed by atoms with van der Waals surface area (Å²) >= 11 is 5.98. The van der Waals surface area contributed by atoms with Crippen molar-refractivity contribution >= 4 is 33.2 Å². The van der Waals surface area contributed by atoms with Crippen LogP contribution in [0.4, 0.5) is 5.69 Å². The molecule has 0 bridgehead atoms. The Morgan fingerprint density at radius 2 is 1.61 bits per heavy atom. The molecular formula is C25H27ClN2O4S. The van der Waals surface area contributed by atoms with Gasteiger partial charge < -0.3 is 10.1 Å². The van der Waals surface area contributed by atoms with E-state index in [0.29, 0.717) is 17.3 Å². The lowest BCUT2D eigenvalue weighted by Crippen LogP contribution is -2.41. The Bertz CT molecular complexity index is 1180. The number of hydrogen-bond acceptors (Lipinski definition) is 4. The molecule has 1 unspecified atom stereocenters. The zero-order valence-corrected chi connectivity index (χ0v) is 20.4. The van der Waals surface area contributed by atoms with Gasteiger partial charge in [-0.2, -0.15) is 0 Å². The second-order valence-corrected chi connectivity index (χ2v) is 9.89. The molecule has 0 aromatic heterocycles. The van der Waals surface area contributed by atoms with E-state index in [1.165, 1.54) is 12.1 Å². The zero-order chi connectivity index (χ0) is 24.0. The van der Waals surface area contributed by atoms with Crippen LogP contribution in [0, 0.1) is 6.92 Å². The Balaban J connectivity index is 1.83. The van der Waals surface area contributed by atoms with E-state index in [-0.39, 0.29) is 17.5 Å². The number of anilines is 1. The van der Waals surface area contributed by atoms with Crippen LogP contribution < -0.4 is 14.4 Å². The highest BCUT2D eigenvalue weighted by Gasteiger charge is 2.27. The van der Waals surface area contributed by atoms with Gasteiger partial charge in [-0.25, -0.2) is 8.42 Å². The van der Waals surface area contributed by atoms with Gasteiger partial charge in [0.25, 0.3) is 10.0 Å². The summed E-state index contributed by atoms with van der Waals surface area (Å²) in [5.74, 6) is 0.319. The zero-order valence-electron chi connectivity index (χ0n) is 18.8. The Labute approximate surface area is 200 Å².